The quantitative estimate of drug-likeness (QED) is 0.142. The molecular weight excluding hydrogens is 526 g/mol. The minimum absolute atomic E-state index is 0.126. The maximum absolute atomic E-state index is 13.6. The molecule has 0 saturated carbocycles. The molecule has 4 rings (SSSR count). The number of aryl methyl sites for hydroxylation is 3. The number of benzene rings is 3. The molecule has 0 bridgehead atoms. The molecule has 3 aromatic carbocycles. The molecule has 2 unspecified atom stereocenters. The summed E-state index contributed by atoms with van der Waals surface area (Å²) in [5, 5.41) is 8.97. The van der Waals surface area contributed by atoms with E-state index in [2.05, 4.69) is 95.3 Å². The van der Waals surface area contributed by atoms with E-state index in [0.29, 0.717) is 6.61 Å². The first-order chi connectivity index (χ1) is 19.3. The summed E-state index contributed by atoms with van der Waals surface area (Å²) in [5.41, 5.74) is 8.34. The fourth-order valence-corrected chi connectivity index (χ4v) is 5.95. The number of ether oxygens (including phenoxy) is 1. The molecule has 0 amide bonds. The largest absolute Gasteiger partial charge is 0.461 e. The minimum Gasteiger partial charge on any atom is -0.461 e. The predicted molar refractivity (Wildman–Crippen MR) is 168 cm³/mol. The van der Waals surface area contributed by atoms with Crippen molar-refractivity contribution in [2.45, 2.75) is 92.3 Å². The third-order valence-electron chi connectivity index (χ3n) is 8.84. The summed E-state index contributed by atoms with van der Waals surface area (Å²) in [7, 11) is -1.93. The van der Waals surface area contributed by atoms with E-state index in [0.717, 1.165) is 45.4 Å². The Balaban J connectivity index is 1.73. The van der Waals surface area contributed by atoms with E-state index < -0.39 is 14.2 Å². The highest BCUT2D eigenvalue weighted by Crippen LogP contribution is 2.39. The Morgan fingerprint density at radius 3 is 2.37 bits per heavy atom. The SMILES string of the molecule is CCn1nnc2c(C)c(C(c3ccc(C)c(CO[Si](C)(C)C(C)(C)C)c3)C(C)C(=O)OCc3ccccc3)ccc21. The second kappa shape index (κ2) is 12.3. The van der Waals surface area contributed by atoms with Crippen LogP contribution in [0.3, 0.4) is 0 Å². The van der Waals surface area contributed by atoms with E-state index in [1.54, 1.807) is 0 Å². The summed E-state index contributed by atoms with van der Waals surface area (Å²) in [5.74, 6) is -0.871. The van der Waals surface area contributed by atoms with Crippen molar-refractivity contribution in [2.75, 3.05) is 0 Å². The van der Waals surface area contributed by atoms with Gasteiger partial charge in [-0.15, -0.1) is 5.10 Å². The zero-order valence-electron chi connectivity index (χ0n) is 26.1. The number of rotatable bonds is 10. The average Bonchev–Trinajstić information content (AvgIpc) is 3.37. The average molecular weight is 572 g/mol. The van der Waals surface area contributed by atoms with Crippen molar-refractivity contribution in [3.05, 3.63) is 94.0 Å². The third-order valence-corrected chi connectivity index (χ3v) is 13.3. The lowest BCUT2D eigenvalue weighted by molar-refractivity contribution is -0.149. The standard InChI is InChI=1S/C34H45N3O3Si/c1-10-37-30-19-18-29(24(3)32(30)35-36-37)31(25(4)33(38)39-21-26-14-12-11-13-15-26)27-17-16-23(2)28(20-27)22-40-41(8,9)34(5,6)7/h11-20,25,31H,10,21-22H2,1-9H3. The van der Waals surface area contributed by atoms with Crippen LogP contribution in [0.1, 0.15) is 73.9 Å². The van der Waals surface area contributed by atoms with Crippen molar-refractivity contribution < 1.29 is 14.0 Å². The zero-order chi connectivity index (χ0) is 29.9. The molecule has 0 saturated heterocycles. The molecule has 1 heterocycles. The smallest absolute Gasteiger partial charge is 0.309 e. The third kappa shape index (κ3) is 6.62. The van der Waals surface area contributed by atoms with Crippen LogP contribution >= 0.6 is 0 Å². The van der Waals surface area contributed by atoms with Crippen LogP contribution in [0.5, 0.6) is 0 Å². The van der Waals surface area contributed by atoms with E-state index in [1.165, 1.54) is 5.56 Å². The molecule has 6 nitrogen and oxygen atoms in total. The van der Waals surface area contributed by atoms with Crippen LogP contribution in [0.4, 0.5) is 0 Å². The van der Waals surface area contributed by atoms with Gasteiger partial charge in [0.15, 0.2) is 8.32 Å². The minimum atomic E-state index is -1.93. The molecule has 0 aliphatic heterocycles. The summed E-state index contributed by atoms with van der Waals surface area (Å²) in [6, 6.07) is 20.5. The Kier molecular flexibility index (Phi) is 9.19. The number of carbonyl (C=O) groups excluding carboxylic acids is 1. The molecule has 0 spiro atoms. The van der Waals surface area contributed by atoms with Crippen molar-refractivity contribution in [3.63, 3.8) is 0 Å². The van der Waals surface area contributed by atoms with Gasteiger partial charge in [0.25, 0.3) is 0 Å². The second-order valence-corrected chi connectivity index (χ2v) is 17.5. The van der Waals surface area contributed by atoms with Gasteiger partial charge in [-0.2, -0.15) is 0 Å². The fraction of sp³-hybridized carbons (Fsp3) is 0.441. The number of fused-ring (bicyclic) bond motifs is 1. The topological polar surface area (TPSA) is 66.2 Å². The van der Waals surface area contributed by atoms with E-state index in [4.69, 9.17) is 9.16 Å². The molecule has 7 heteroatoms. The Labute approximate surface area is 246 Å². The first-order valence-electron chi connectivity index (χ1n) is 14.6. The summed E-state index contributed by atoms with van der Waals surface area (Å²) in [6.07, 6.45) is 0. The van der Waals surface area contributed by atoms with Crippen LogP contribution in [-0.4, -0.2) is 29.3 Å². The molecule has 0 aliphatic rings. The van der Waals surface area contributed by atoms with Gasteiger partial charge in [-0.25, -0.2) is 4.68 Å². The summed E-state index contributed by atoms with van der Waals surface area (Å²) >= 11 is 0. The Morgan fingerprint density at radius 1 is 1.00 bits per heavy atom. The van der Waals surface area contributed by atoms with E-state index in [9.17, 15) is 4.79 Å². The van der Waals surface area contributed by atoms with Gasteiger partial charge >= 0.3 is 5.97 Å². The summed E-state index contributed by atoms with van der Waals surface area (Å²) in [4.78, 5) is 13.6. The molecule has 0 radical (unpaired) electrons. The zero-order valence-corrected chi connectivity index (χ0v) is 27.1. The van der Waals surface area contributed by atoms with E-state index in [1.807, 2.05) is 41.9 Å². The fourth-order valence-electron chi connectivity index (χ4n) is 5.00. The highest BCUT2D eigenvalue weighted by atomic mass is 28.4. The van der Waals surface area contributed by atoms with Crippen molar-refractivity contribution >= 4 is 25.3 Å². The lowest BCUT2D eigenvalue weighted by Crippen LogP contribution is -2.40. The first-order valence-corrected chi connectivity index (χ1v) is 17.5. The summed E-state index contributed by atoms with van der Waals surface area (Å²) < 4.78 is 14.4. The predicted octanol–water partition coefficient (Wildman–Crippen LogP) is 8.10. The van der Waals surface area contributed by atoms with Gasteiger partial charge in [-0.05, 0) is 78.4 Å². The second-order valence-electron chi connectivity index (χ2n) is 12.6. The molecule has 0 aliphatic carbocycles. The van der Waals surface area contributed by atoms with E-state index >= 15 is 0 Å². The van der Waals surface area contributed by atoms with Crippen molar-refractivity contribution in [2.24, 2.45) is 5.92 Å². The van der Waals surface area contributed by atoms with Gasteiger partial charge in [0.05, 0.1) is 18.0 Å². The molecular formula is C34H45N3O3Si. The molecule has 0 fully saturated rings. The lowest BCUT2D eigenvalue weighted by atomic mass is 9.79. The van der Waals surface area contributed by atoms with Crippen LogP contribution in [-0.2, 0) is 33.7 Å². The van der Waals surface area contributed by atoms with Crippen molar-refractivity contribution in [3.8, 4) is 0 Å². The highest BCUT2D eigenvalue weighted by molar-refractivity contribution is 6.74. The van der Waals surface area contributed by atoms with Gasteiger partial charge < -0.3 is 9.16 Å². The van der Waals surface area contributed by atoms with Gasteiger partial charge in [-0.1, -0.05) is 87.5 Å². The van der Waals surface area contributed by atoms with Crippen LogP contribution < -0.4 is 0 Å². The Bertz CT molecular complexity index is 1510. The number of esters is 1. The molecule has 0 N–H and O–H groups in total. The Hall–Kier alpha value is -3.29. The number of aromatic nitrogens is 3. The highest BCUT2D eigenvalue weighted by Gasteiger charge is 2.37. The maximum Gasteiger partial charge on any atom is 0.309 e. The normalized spacial score (nSPS) is 13.8. The van der Waals surface area contributed by atoms with Gasteiger partial charge in [0.1, 0.15) is 12.1 Å². The molecule has 1 aromatic heterocycles. The monoisotopic (exact) mass is 571 g/mol. The number of hydrogen-bond donors (Lipinski definition) is 0. The van der Waals surface area contributed by atoms with Crippen molar-refractivity contribution in [1.29, 1.82) is 0 Å². The van der Waals surface area contributed by atoms with Gasteiger partial charge in [-0.3, -0.25) is 4.79 Å². The van der Waals surface area contributed by atoms with Crippen LogP contribution in [0, 0.1) is 19.8 Å². The number of carbonyl (C=O) groups is 1. The Morgan fingerprint density at radius 2 is 1.71 bits per heavy atom. The summed E-state index contributed by atoms with van der Waals surface area (Å²) in [6.45, 7) is 21.1. The lowest BCUT2D eigenvalue weighted by Gasteiger charge is -2.36. The van der Waals surface area contributed by atoms with Crippen LogP contribution in [0.2, 0.25) is 18.1 Å². The molecule has 2 atom stereocenters. The van der Waals surface area contributed by atoms with Crippen LogP contribution in [0.25, 0.3) is 11.0 Å². The molecule has 41 heavy (non-hydrogen) atoms. The number of hydrogen-bond acceptors (Lipinski definition) is 5. The molecule has 218 valence electrons. The van der Waals surface area contributed by atoms with Crippen LogP contribution in [0.15, 0.2) is 60.7 Å². The molecule has 4 aromatic rings. The number of nitrogens with zero attached hydrogens (tertiary/aromatic N) is 3. The maximum atomic E-state index is 13.6. The first kappa shape index (κ1) is 30.7. The van der Waals surface area contributed by atoms with Gasteiger partial charge in [0, 0.05) is 12.5 Å². The van der Waals surface area contributed by atoms with E-state index in [-0.39, 0.29) is 23.5 Å². The van der Waals surface area contributed by atoms with Crippen molar-refractivity contribution in [1.82, 2.24) is 15.0 Å². The van der Waals surface area contributed by atoms with Gasteiger partial charge in [0.2, 0.25) is 0 Å².